The van der Waals surface area contributed by atoms with Crippen LogP contribution >= 0.6 is 0 Å². The van der Waals surface area contributed by atoms with Crippen molar-refractivity contribution in [3.8, 4) is 11.8 Å². The molecular formula is C38H47N3O3. The summed E-state index contributed by atoms with van der Waals surface area (Å²) in [5.74, 6) is 7.03. The molecule has 0 radical (unpaired) electrons. The number of likely N-dealkylation sites (tertiary alicyclic amines) is 1. The normalized spacial score (nSPS) is 15.3. The molecule has 1 heterocycles. The second-order valence-corrected chi connectivity index (χ2v) is 11.8. The number of benzene rings is 2. The van der Waals surface area contributed by atoms with Crippen molar-refractivity contribution in [1.29, 1.82) is 0 Å². The van der Waals surface area contributed by atoms with Crippen molar-refractivity contribution in [2.75, 3.05) is 18.4 Å². The van der Waals surface area contributed by atoms with Crippen LogP contribution in [0.2, 0.25) is 0 Å². The highest BCUT2D eigenvalue weighted by atomic mass is 16.4. The zero-order valence-corrected chi connectivity index (χ0v) is 26.9. The van der Waals surface area contributed by atoms with E-state index >= 15 is 0 Å². The van der Waals surface area contributed by atoms with E-state index in [9.17, 15) is 14.7 Å². The minimum atomic E-state index is -0.942. The summed E-state index contributed by atoms with van der Waals surface area (Å²) in [4.78, 5) is 26.9. The molecule has 44 heavy (non-hydrogen) atoms. The number of aryl methyl sites for hydroxylation is 1. The molecule has 2 aromatic rings. The lowest BCUT2D eigenvalue weighted by atomic mass is 9.96. The zero-order valence-electron chi connectivity index (χ0n) is 26.9. The van der Waals surface area contributed by atoms with Gasteiger partial charge in [-0.2, -0.15) is 0 Å². The van der Waals surface area contributed by atoms with Crippen LogP contribution in [0.15, 0.2) is 90.3 Å². The molecule has 6 nitrogen and oxygen atoms in total. The summed E-state index contributed by atoms with van der Waals surface area (Å²) in [7, 11) is 0. The average Bonchev–Trinajstić information content (AvgIpc) is 3.44. The number of nitrogens with one attached hydrogen (secondary N) is 2. The second-order valence-electron chi connectivity index (χ2n) is 11.8. The number of hydrogen-bond acceptors (Lipinski definition) is 4. The van der Waals surface area contributed by atoms with Crippen LogP contribution in [0.25, 0.3) is 0 Å². The first kappa shape index (κ1) is 34.0. The maximum atomic E-state index is 13.5. The highest BCUT2D eigenvalue weighted by Crippen LogP contribution is 2.22. The van der Waals surface area contributed by atoms with Crippen LogP contribution in [-0.2, 0) is 11.2 Å². The molecule has 1 aliphatic heterocycles. The summed E-state index contributed by atoms with van der Waals surface area (Å²) < 4.78 is 0. The number of rotatable bonds is 13. The van der Waals surface area contributed by atoms with Crippen molar-refractivity contribution < 1.29 is 14.7 Å². The van der Waals surface area contributed by atoms with Crippen LogP contribution in [0.3, 0.4) is 0 Å². The van der Waals surface area contributed by atoms with Crippen LogP contribution in [0.5, 0.6) is 0 Å². The van der Waals surface area contributed by atoms with Gasteiger partial charge >= 0.3 is 5.97 Å². The predicted molar refractivity (Wildman–Crippen MR) is 181 cm³/mol. The van der Waals surface area contributed by atoms with E-state index in [0.717, 1.165) is 59.5 Å². The van der Waals surface area contributed by atoms with Crippen molar-refractivity contribution in [3.05, 3.63) is 113 Å². The third kappa shape index (κ3) is 10.6. The van der Waals surface area contributed by atoms with Gasteiger partial charge in [0.1, 0.15) is 0 Å². The van der Waals surface area contributed by atoms with Crippen LogP contribution < -0.4 is 10.6 Å². The lowest BCUT2D eigenvalue weighted by Crippen LogP contribution is -2.34. The fourth-order valence-corrected chi connectivity index (χ4v) is 5.19. The van der Waals surface area contributed by atoms with Gasteiger partial charge in [0.05, 0.1) is 23.8 Å². The number of aromatic carboxylic acids is 1. The quantitative estimate of drug-likeness (QED) is 0.164. The molecule has 1 fully saturated rings. The van der Waals surface area contributed by atoms with Crippen LogP contribution in [-0.4, -0.2) is 41.0 Å². The van der Waals surface area contributed by atoms with Crippen molar-refractivity contribution in [3.63, 3.8) is 0 Å². The van der Waals surface area contributed by atoms with Crippen molar-refractivity contribution in [1.82, 2.24) is 10.2 Å². The van der Waals surface area contributed by atoms with Crippen LogP contribution in [0.1, 0.15) is 80.4 Å². The van der Waals surface area contributed by atoms with Crippen LogP contribution in [0.4, 0.5) is 5.69 Å². The van der Waals surface area contributed by atoms with Crippen molar-refractivity contribution in [2.24, 2.45) is 5.92 Å². The summed E-state index contributed by atoms with van der Waals surface area (Å²) >= 11 is 0. The second kappa shape index (κ2) is 17.0. The lowest BCUT2D eigenvalue weighted by Gasteiger charge is -2.21. The van der Waals surface area contributed by atoms with Gasteiger partial charge in [-0.1, -0.05) is 81.2 Å². The number of hydrogen-bond donors (Lipinski definition) is 3. The van der Waals surface area contributed by atoms with E-state index in [0.29, 0.717) is 19.0 Å². The Morgan fingerprint density at radius 2 is 1.98 bits per heavy atom. The number of nitrogens with zero attached hydrogens (tertiary/aromatic N) is 1. The van der Waals surface area contributed by atoms with E-state index in [1.165, 1.54) is 5.56 Å². The molecule has 0 saturated carbocycles. The van der Waals surface area contributed by atoms with Gasteiger partial charge in [0.25, 0.3) is 0 Å². The molecule has 0 aromatic heterocycles. The van der Waals surface area contributed by atoms with Gasteiger partial charge in [-0.25, -0.2) is 4.79 Å². The molecule has 1 aliphatic rings. The minimum Gasteiger partial charge on any atom is -0.478 e. The molecule has 232 valence electrons. The predicted octanol–water partition coefficient (Wildman–Crippen LogP) is 7.64. The molecule has 0 bridgehead atoms. The van der Waals surface area contributed by atoms with Gasteiger partial charge in [-0.15, -0.1) is 0 Å². The van der Waals surface area contributed by atoms with Gasteiger partial charge < -0.3 is 20.6 Å². The molecule has 0 spiro atoms. The number of allylic oxidation sites excluding steroid dienone is 4. The number of carboxylic acids is 1. The number of carboxylic acid groups (broad SMARTS) is 1. The van der Waals surface area contributed by atoms with Crippen molar-refractivity contribution >= 4 is 17.6 Å². The van der Waals surface area contributed by atoms with E-state index in [-0.39, 0.29) is 23.9 Å². The van der Waals surface area contributed by atoms with Gasteiger partial charge in [0.15, 0.2) is 0 Å². The average molecular weight is 594 g/mol. The Bertz CT molecular complexity index is 1490. The number of carbonyl (C=O) groups is 2. The Labute approximate surface area is 263 Å². The Kier molecular flexibility index (Phi) is 13.1. The molecule has 1 unspecified atom stereocenters. The smallest absolute Gasteiger partial charge is 0.335 e. The Morgan fingerprint density at radius 1 is 1.20 bits per heavy atom. The molecular weight excluding hydrogens is 546 g/mol. The summed E-state index contributed by atoms with van der Waals surface area (Å²) in [6, 6.07) is 13.1. The minimum absolute atomic E-state index is 0.0447. The number of anilines is 1. The molecule has 1 atom stereocenters. The van der Waals surface area contributed by atoms with Crippen molar-refractivity contribution in [2.45, 2.75) is 72.8 Å². The van der Waals surface area contributed by atoms with Gasteiger partial charge in [0, 0.05) is 24.3 Å². The van der Waals surface area contributed by atoms with E-state index < -0.39 is 5.97 Å². The number of carbonyl (C=O) groups excluding carboxylic acids is 1. The third-order valence-electron chi connectivity index (χ3n) is 7.28. The van der Waals surface area contributed by atoms with E-state index in [1.807, 2.05) is 42.2 Å². The molecule has 1 saturated heterocycles. The SMILES string of the molecule is C=C(C)/C=C(\C=C/CN/C(=C/CC)Nc1ccccc1C)CC(=O)N1CCCC1C#Cc1ccc(C(=O)O)cc1CC(C)C. The Balaban J connectivity index is 1.68. The number of para-hydroxylation sites is 1. The fraction of sp³-hybridized carbons (Fsp3) is 0.368. The molecule has 0 aliphatic carbocycles. The zero-order chi connectivity index (χ0) is 32.1. The molecule has 1 amide bonds. The molecule has 6 heteroatoms. The van der Waals surface area contributed by atoms with E-state index in [1.54, 1.807) is 18.2 Å². The van der Waals surface area contributed by atoms with Crippen LogP contribution in [0, 0.1) is 24.7 Å². The highest BCUT2D eigenvalue weighted by Gasteiger charge is 2.27. The van der Waals surface area contributed by atoms with Gasteiger partial charge in [-0.3, -0.25) is 4.79 Å². The number of amides is 1. The highest BCUT2D eigenvalue weighted by molar-refractivity contribution is 5.88. The molecule has 2 aromatic carbocycles. The summed E-state index contributed by atoms with van der Waals surface area (Å²) in [5.41, 5.74) is 6.05. The molecule has 3 N–H and O–H groups in total. The monoisotopic (exact) mass is 593 g/mol. The summed E-state index contributed by atoms with van der Waals surface area (Å²) in [6.45, 7) is 15.6. The molecule has 3 rings (SSSR count). The van der Waals surface area contributed by atoms with Gasteiger partial charge in [0.2, 0.25) is 5.91 Å². The largest absolute Gasteiger partial charge is 0.478 e. The topological polar surface area (TPSA) is 81.7 Å². The third-order valence-corrected chi connectivity index (χ3v) is 7.28. The standard InChI is InChI=1S/C38H47N3O3/c1-7-12-36(40-35-16-9-8-13-29(35)6)39-21-10-14-30(23-27(2)3)25-37(42)41-22-11-15-34(41)20-19-31-17-18-32(38(43)44)26-33(31)24-28(4)5/h8-10,12-14,16-18,23,26,28,34,39-40H,2,7,11,15,21-22,24-25H2,1,3-6H3,(H,43,44)/b14-10-,30-23+,36-12-. The maximum absolute atomic E-state index is 13.5. The van der Waals surface area contributed by atoms with E-state index in [4.69, 9.17) is 0 Å². The maximum Gasteiger partial charge on any atom is 0.335 e. The van der Waals surface area contributed by atoms with Gasteiger partial charge in [-0.05, 0) is 92.5 Å². The first-order valence-electron chi connectivity index (χ1n) is 15.5. The summed E-state index contributed by atoms with van der Waals surface area (Å²) in [5, 5.41) is 16.4. The van der Waals surface area contributed by atoms with E-state index in [2.05, 4.69) is 75.0 Å². The Morgan fingerprint density at radius 3 is 2.66 bits per heavy atom. The lowest BCUT2D eigenvalue weighted by molar-refractivity contribution is -0.130. The first-order chi connectivity index (χ1) is 21.1. The first-order valence-corrected chi connectivity index (χ1v) is 15.5. The summed E-state index contributed by atoms with van der Waals surface area (Å²) in [6.07, 6.45) is 11.7. The fourth-order valence-electron chi connectivity index (χ4n) is 5.19. The Hall–Kier alpha value is -4.50.